The molecule has 27 heavy (non-hydrogen) atoms. The van der Waals surface area contributed by atoms with Gasteiger partial charge in [0.15, 0.2) is 0 Å². The highest BCUT2D eigenvalue weighted by Gasteiger charge is 2.56. The third-order valence-electron chi connectivity index (χ3n) is 6.65. The molecule has 0 bridgehead atoms. The van der Waals surface area contributed by atoms with Crippen LogP contribution in [0.4, 0.5) is 0 Å². The lowest BCUT2D eigenvalue weighted by molar-refractivity contribution is -0.212. The van der Waals surface area contributed by atoms with E-state index in [1.807, 2.05) is 19.9 Å². The number of carbonyl (C=O) groups is 1. The summed E-state index contributed by atoms with van der Waals surface area (Å²) in [7, 11) is 0. The number of carbonyl (C=O) groups excluding carboxylic acids is 1. The van der Waals surface area contributed by atoms with E-state index >= 15 is 0 Å². The van der Waals surface area contributed by atoms with Crippen LogP contribution in [0.25, 0.3) is 0 Å². The van der Waals surface area contributed by atoms with Gasteiger partial charge < -0.3 is 24.0 Å². The van der Waals surface area contributed by atoms with Crippen LogP contribution in [0.5, 0.6) is 0 Å². The zero-order valence-corrected chi connectivity index (χ0v) is 16.0. The first-order valence-electron chi connectivity index (χ1n) is 9.86. The topological polar surface area (TPSA) is 81.0 Å². The average Bonchev–Trinajstić information content (AvgIpc) is 2.67. The van der Waals surface area contributed by atoms with Crippen molar-refractivity contribution in [3.63, 3.8) is 0 Å². The number of fused-ring (bicyclic) bond motifs is 3. The predicted molar refractivity (Wildman–Crippen MR) is 98.7 cm³/mol. The quantitative estimate of drug-likeness (QED) is 0.826. The van der Waals surface area contributed by atoms with Gasteiger partial charge in [-0.2, -0.15) is 0 Å². The number of hydrogen-bond acceptors (Lipinski definition) is 5. The Morgan fingerprint density at radius 3 is 2.85 bits per heavy atom. The van der Waals surface area contributed by atoms with Crippen LogP contribution in [0.2, 0.25) is 0 Å². The van der Waals surface area contributed by atoms with Crippen LogP contribution < -0.4 is 5.56 Å². The number of ether oxygens (including phenoxy) is 2. The highest BCUT2D eigenvalue weighted by molar-refractivity contribution is 5.94. The fourth-order valence-corrected chi connectivity index (χ4v) is 5.07. The molecule has 0 aliphatic carbocycles. The molecule has 4 heterocycles. The van der Waals surface area contributed by atoms with Gasteiger partial charge in [0.05, 0.1) is 18.8 Å². The van der Waals surface area contributed by atoms with Gasteiger partial charge in [0, 0.05) is 56.3 Å². The summed E-state index contributed by atoms with van der Waals surface area (Å²) in [5.74, 6) is -0.541. The summed E-state index contributed by atoms with van der Waals surface area (Å²) in [6, 6.07) is 3.35. The van der Waals surface area contributed by atoms with Crippen LogP contribution >= 0.6 is 0 Å². The van der Waals surface area contributed by atoms with Gasteiger partial charge in [-0.3, -0.25) is 9.59 Å². The van der Waals surface area contributed by atoms with Crippen molar-refractivity contribution in [3.8, 4) is 0 Å². The van der Waals surface area contributed by atoms with Crippen molar-refractivity contribution in [2.75, 3.05) is 33.0 Å². The van der Waals surface area contributed by atoms with Crippen LogP contribution in [0.1, 0.15) is 35.8 Å². The Morgan fingerprint density at radius 2 is 2.07 bits per heavy atom. The molecule has 3 saturated heterocycles. The Labute approximate surface area is 158 Å². The van der Waals surface area contributed by atoms with Gasteiger partial charge in [0.1, 0.15) is 5.56 Å². The van der Waals surface area contributed by atoms with E-state index in [1.54, 1.807) is 15.5 Å². The second-order valence-electron chi connectivity index (χ2n) is 7.95. The minimum absolute atomic E-state index is 0.110. The summed E-state index contributed by atoms with van der Waals surface area (Å²) < 4.78 is 12.9. The molecule has 3 aliphatic rings. The lowest BCUT2D eigenvalue weighted by atomic mass is 9.66. The van der Waals surface area contributed by atoms with Gasteiger partial charge in [-0.1, -0.05) is 0 Å². The molecular weight excluding hydrogens is 348 g/mol. The molecule has 1 aromatic heterocycles. The Bertz CT molecular complexity index is 791. The van der Waals surface area contributed by atoms with Gasteiger partial charge in [-0.25, -0.2) is 0 Å². The Balaban J connectivity index is 1.71. The summed E-state index contributed by atoms with van der Waals surface area (Å²) in [6.07, 6.45) is 1.25. The van der Waals surface area contributed by atoms with E-state index in [1.165, 1.54) is 0 Å². The van der Waals surface area contributed by atoms with Crippen molar-refractivity contribution in [1.29, 1.82) is 0 Å². The normalized spacial score (nSPS) is 33.3. The van der Waals surface area contributed by atoms with Crippen LogP contribution in [-0.4, -0.2) is 65.1 Å². The number of hydrogen-bond donors (Lipinski definition) is 1. The standard InChI is InChI=1S/C20H28N2O5/c1-3-21-13(2)4-5-15(18(21)23)19(24)22-10-14-11-27-9-7-20(14,25)16-12-26-8-6-17(16)22/h4-5,14,16-17,25H,3,6-12H2,1-2H3/t14-,16+,17-,20-/m0/s1. The number of aryl methyl sites for hydroxylation is 1. The molecule has 4 atom stereocenters. The maximum atomic E-state index is 13.4. The molecular formula is C20H28N2O5. The van der Waals surface area contributed by atoms with Crippen LogP contribution in [0, 0.1) is 18.8 Å². The van der Waals surface area contributed by atoms with Crippen molar-refractivity contribution >= 4 is 5.91 Å². The molecule has 3 aliphatic heterocycles. The van der Waals surface area contributed by atoms with E-state index in [0.29, 0.717) is 52.4 Å². The summed E-state index contributed by atoms with van der Waals surface area (Å²) >= 11 is 0. The number of piperidine rings is 1. The fraction of sp³-hybridized carbons (Fsp3) is 0.700. The van der Waals surface area contributed by atoms with E-state index in [0.717, 1.165) is 5.69 Å². The second kappa shape index (κ2) is 7.04. The van der Waals surface area contributed by atoms with Crippen molar-refractivity contribution in [2.24, 2.45) is 11.8 Å². The maximum Gasteiger partial charge on any atom is 0.263 e. The Morgan fingerprint density at radius 1 is 1.30 bits per heavy atom. The van der Waals surface area contributed by atoms with Crippen LogP contribution in [-0.2, 0) is 16.0 Å². The molecule has 148 valence electrons. The SMILES string of the molecule is CCn1c(C)ccc(C(=O)N2C[C@H]3COCC[C@@]3(O)[C@@H]3COCC[C@@H]32)c1=O. The monoisotopic (exact) mass is 376 g/mol. The second-order valence-corrected chi connectivity index (χ2v) is 7.95. The number of likely N-dealkylation sites (tertiary alicyclic amines) is 1. The highest BCUT2D eigenvalue weighted by atomic mass is 16.5. The van der Waals surface area contributed by atoms with Gasteiger partial charge in [0.25, 0.3) is 11.5 Å². The zero-order chi connectivity index (χ0) is 19.2. The molecule has 4 rings (SSSR count). The molecule has 0 saturated carbocycles. The first-order valence-corrected chi connectivity index (χ1v) is 9.86. The number of pyridine rings is 1. The summed E-state index contributed by atoms with van der Waals surface area (Å²) in [6.45, 7) is 6.67. The third-order valence-corrected chi connectivity index (χ3v) is 6.65. The first kappa shape index (κ1) is 18.7. The largest absolute Gasteiger partial charge is 0.389 e. The summed E-state index contributed by atoms with van der Waals surface area (Å²) in [4.78, 5) is 28.0. The zero-order valence-electron chi connectivity index (χ0n) is 16.0. The minimum atomic E-state index is -0.864. The van der Waals surface area contributed by atoms with Gasteiger partial charge in [-0.05, 0) is 32.4 Å². The van der Waals surface area contributed by atoms with Crippen molar-refractivity contribution in [3.05, 3.63) is 33.7 Å². The lowest BCUT2D eigenvalue weighted by Crippen LogP contribution is -2.69. The first-order chi connectivity index (χ1) is 13.0. The smallest absolute Gasteiger partial charge is 0.263 e. The molecule has 7 heteroatoms. The van der Waals surface area contributed by atoms with Crippen LogP contribution in [0.15, 0.2) is 16.9 Å². The van der Waals surface area contributed by atoms with E-state index in [9.17, 15) is 14.7 Å². The van der Waals surface area contributed by atoms with Crippen molar-refractivity contribution in [1.82, 2.24) is 9.47 Å². The summed E-state index contributed by atoms with van der Waals surface area (Å²) in [5.41, 5.74) is -0.0600. The average molecular weight is 376 g/mol. The van der Waals surface area contributed by atoms with Gasteiger partial charge >= 0.3 is 0 Å². The molecule has 1 N–H and O–H groups in total. The van der Waals surface area contributed by atoms with Gasteiger partial charge in [0.2, 0.25) is 0 Å². The van der Waals surface area contributed by atoms with Gasteiger partial charge in [-0.15, -0.1) is 0 Å². The minimum Gasteiger partial charge on any atom is -0.389 e. The molecule has 3 fully saturated rings. The molecule has 0 unspecified atom stereocenters. The molecule has 0 spiro atoms. The Hall–Kier alpha value is -1.70. The van der Waals surface area contributed by atoms with Crippen molar-refractivity contribution in [2.45, 2.75) is 44.9 Å². The van der Waals surface area contributed by atoms with E-state index in [2.05, 4.69) is 0 Å². The molecule has 1 amide bonds. The Kier molecular flexibility index (Phi) is 4.86. The summed E-state index contributed by atoms with van der Waals surface area (Å²) in [5, 5.41) is 11.4. The van der Waals surface area contributed by atoms with E-state index in [4.69, 9.17) is 9.47 Å². The van der Waals surface area contributed by atoms with Crippen LogP contribution in [0.3, 0.4) is 0 Å². The highest BCUT2D eigenvalue weighted by Crippen LogP contribution is 2.44. The molecule has 0 aromatic carbocycles. The lowest BCUT2D eigenvalue weighted by Gasteiger charge is -2.57. The predicted octanol–water partition coefficient (Wildman–Crippen LogP) is 0.805. The molecule has 7 nitrogen and oxygen atoms in total. The number of aromatic nitrogens is 1. The van der Waals surface area contributed by atoms with E-state index in [-0.39, 0.29) is 34.9 Å². The third kappa shape index (κ3) is 2.92. The molecule has 0 radical (unpaired) electrons. The number of rotatable bonds is 2. The van der Waals surface area contributed by atoms with E-state index < -0.39 is 5.60 Å². The number of nitrogens with zero attached hydrogens (tertiary/aromatic N) is 2. The van der Waals surface area contributed by atoms with Crippen molar-refractivity contribution < 1.29 is 19.4 Å². The number of amides is 1. The molecule has 1 aromatic rings. The fourth-order valence-electron chi connectivity index (χ4n) is 5.07. The number of aliphatic hydroxyl groups is 1. The maximum absolute atomic E-state index is 13.4.